The van der Waals surface area contributed by atoms with Crippen molar-refractivity contribution in [2.24, 2.45) is 0 Å². The van der Waals surface area contributed by atoms with Gasteiger partial charge in [0.25, 0.3) is 0 Å². The largest absolute Gasteiger partial charge is 0.494 e. The van der Waals surface area contributed by atoms with E-state index in [0.717, 1.165) is 0 Å². The van der Waals surface area contributed by atoms with E-state index in [1.54, 1.807) is 19.1 Å². The first-order chi connectivity index (χ1) is 8.15. The predicted octanol–water partition coefficient (Wildman–Crippen LogP) is 2.82. The number of hydrogen-bond donors (Lipinski definition) is 1. The minimum absolute atomic E-state index is 0.114. The lowest BCUT2D eigenvalue weighted by Crippen LogP contribution is -2.04. The van der Waals surface area contributed by atoms with Gasteiger partial charge >= 0.3 is 0 Å². The molecule has 0 amide bonds. The van der Waals surface area contributed by atoms with Gasteiger partial charge in [-0.1, -0.05) is 12.1 Å². The summed E-state index contributed by atoms with van der Waals surface area (Å²) in [5.41, 5.74) is 0.728. The molecule has 4 heteroatoms. The first-order valence-electron chi connectivity index (χ1n) is 5.19. The number of aryl methyl sites for hydroxylation is 1. The molecule has 0 aliphatic heterocycles. The minimum atomic E-state index is -1.05. The van der Waals surface area contributed by atoms with Gasteiger partial charge in [0.1, 0.15) is 11.9 Å². The Bertz CT molecular complexity index is 519. The van der Waals surface area contributed by atoms with Crippen molar-refractivity contribution in [3.63, 3.8) is 0 Å². The lowest BCUT2D eigenvalue weighted by Gasteiger charge is -2.13. The fraction of sp³-hybridized carbons (Fsp3) is 0.231. The van der Waals surface area contributed by atoms with E-state index in [2.05, 4.69) is 0 Å². The van der Waals surface area contributed by atoms with E-state index < -0.39 is 11.9 Å². The average Bonchev–Trinajstić information content (AvgIpc) is 2.75. The van der Waals surface area contributed by atoms with Crippen molar-refractivity contribution < 1.29 is 18.7 Å². The third-order valence-electron chi connectivity index (χ3n) is 2.70. The molecule has 1 aromatic heterocycles. The summed E-state index contributed by atoms with van der Waals surface area (Å²) in [5.74, 6) is 0.130. The molecule has 3 nitrogen and oxygen atoms in total. The Morgan fingerprint density at radius 3 is 2.65 bits per heavy atom. The first-order valence-corrected chi connectivity index (χ1v) is 5.19. The lowest BCUT2D eigenvalue weighted by atomic mass is 10.0. The van der Waals surface area contributed by atoms with Crippen molar-refractivity contribution in [2.45, 2.75) is 13.0 Å². The molecule has 17 heavy (non-hydrogen) atoms. The molecule has 1 unspecified atom stereocenters. The summed E-state index contributed by atoms with van der Waals surface area (Å²) in [6.45, 7) is 1.72. The van der Waals surface area contributed by atoms with E-state index in [9.17, 15) is 9.50 Å². The molecule has 0 spiro atoms. The number of rotatable bonds is 3. The molecule has 1 heterocycles. The molecule has 0 saturated heterocycles. The second kappa shape index (κ2) is 4.59. The van der Waals surface area contributed by atoms with Crippen molar-refractivity contribution in [2.75, 3.05) is 7.11 Å². The van der Waals surface area contributed by atoms with Crippen LogP contribution in [0.15, 0.2) is 34.9 Å². The Morgan fingerprint density at radius 1 is 1.29 bits per heavy atom. The molecule has 0 aliphatic carbocycles. The smallest absolute Gasteiger partial charge is 0.171 e. The van der Waals surface area contributed by atoms with Gasteiger partial charge in [0.05, 0.1) is 13.4 Å². The monoisotopic (exact) mass is 236 g/mol. The number of furan rings is 1. The fourth-order valence-corrected chi connectivity index (χ4v) is 1.74. The molecular weight excluding hydrogens is 223 g/mol. The van der Waals surface area contributed by atoms with Gasteiger partial charge in [-0.25, -0.2) is 4.39 Å². The second-order valence-corrected chi connectivity index (χ2v) is 3.70. The summed E-state index contributed by atoms with van der Waals surface area (Å²) in [5, 5.41) is 10.1. The van der Waals surface area contributed by atoms with Gasteiger partial charge in [-0.2, -0.15) is 0 Å². The topological polar surface area (TPSA) is 42.6 Å². The van der Waals surface area contributed by atoms with Gasteiger partial charge in [-0.05, 0) is 19.1 Å². The Kier molecular flexibility index (Phi) is 3.15. The summed E-state index contributed by atoms with van der Waals surface area (Å²) >= 11 is 0. The van der Waals surface area contributed by atoms with Crippen molar-refractivity contribution in [3.05, 3.63) is 53.2 Å². The van der Waals surface area contributed by atoms with Crippen molar-refractivity contribution in [1.82, 2.24) is 0 Å². The summed E-state index contributed by atoms with van der Waals surface area (Å²) < 4.78 is 23.9. The standard InChI is InChI=1S/C13H13FO3/c1-8-9(6-7-17-8)13(15)10-4-3-5-11(16-2)12(10)14/h3-7,13,15H,1-2H3. The summed E-state index contributed by atoms with van der Waals surface area (Å²) in [7, 11) is 1.39. The van der Waals surface area contributed by atoms with Crippen LogP contribution in [0.4, 0.5) is 4.39 Å². The van der Waals surface area contributed by atoms with Crippen LogP contribution in [0.2, 0.25) is 0 Å². The van der Waals surface area contributed by atoms with E-state index in [0.29, 0.717) is 11.3 Å². The van der Waals surface area contributed by atoms with Crippen LogP contribution in [-0.2, 0) is 0 Å². The molecular formula is C13H13FO3. The Hall–Kier alpha value is -1.81. The van der Waals surface area contributed by atoms with Gasteiger partial charge in [0, 0.05) is 11.1 Å². The zero-order valence-corrected chi connectivity index (χ0v) is 9.61. The van der Waals surface area contributed by atoms with Crippen LogP contribution in [0.5, 0.6) is 5.75 Å². The summed E-state index contributed by atoms with van der Waals surface area (Å²) in [4.78, 5) is 0. The highest BCUT2D eigenvalue weighted by Gasteiger charge is 2.20. The second-order valence-electron chi connectivity index (χ2n) is 3.70. The third kappa shape index (κ3) is 2.03. The molecule has 1 aromatic carbocycles. The maximum absolute atomic E-state index is 13.9. The number of ether oxygens (including phenoxy) is 1. The molecule has 1 atom stereocenters. The molecule has 0 radical (unpaired) electrons. The SMILES string of the molecule is COc1cccc(C(O)c2ccoc2C)c1F. The Morgan fingerprint density at radius 2 is 2.06 bits per heavy atom. The highest BCUT2D eigenvalue weighted by Crippen LogP contribution is 2.30. The normalized spacial score (nSPS) is 12.5. The zero-order chi connectivity index (χ0) is 12.4. The first kappa shape index (κ1) is 11.7. The van der Waals surface area contributed by atoms with Crippen molar-refractivity contribution in [3.8, 4) is 5.75 Å². The van der Waals surface area contributed by atoms with Gasteiger partial charge in [0.15, 0.2) is 11.6 Å². The molecule has 0 aliphatic rings. The molecule has 0 bridgehead atoms. The predicted molar refractivity (Wildman–Crippen MR) is 60.5 cm³/mol. The van der Waals surface area contributed by atoms with E-state index in [1.165, 1.54) is 25.5 Å². The van der Waals surface area contributed by atoms with Crippen LogP contribution in [0.3, 0.4) is 0 Å². The fourth-order valence-electron chi connectivity index (χ4n) is 1.74. The number of methoxy groups -OCH3 is 1. The summed E-state index contributed by atoms with van der Waals surface area (Å²) in [6.07, 6.45) is 0.412. The molecule has 1 N–H and O–H groups in total. The molecule has 90 valence electrons. The molecule has 0 saturated carbocycles. The van der Waals surface area contributed by atoms with Gasteiger partial charge in [-0.15, -0.1) is 0 Å². The van der Waals surface area contributed by atoms with Crippen LogP contribution in [-0.4, -0.2) is 12.2 Å². The van der Waals surface area contributed by atoms with Crippen molar-refractivity contribution >= 4 is 0 Å². The van der Waals surface area contributed by atoms with E-state index in [-0.39, 0.29) is 11.3 Å². The van der Waals surface area contributed by atoms with Gasteiger partial charge in [-0.3, -0.25) is 0 Å². The average molecular weight is 236 g/mol. The maximum atomic E-state index is 13.9. The van der Waals surface area contributed by atoms with E-state index in [4.69, 9.17) is 9.15 Å². The van der Waals surface area contributed by atoms with Crippen LogP contribution in [0.25, 0.3) is 0 Å². The number of aliphatic hydroxyl groups is 1. The molecule has 2 rings (SSSR count). The molecule has 0 fully saturated rings. The highest BCUT2D eigenvalue weighted by atomic mass is 19.1. The zero-order valence-electron chi connectivity index (χ0n) is 9.61. The van der Waals surface area contributed by atoms with E-state index in [1.807, 2.05) is 0 Å². The molecule has 2 aromatic rings. The Balaban J connectivity index is 2.44. The van der Waals surface area contributed by atoms with Crippen molar-refractivity contribution in [1.29, 1.82) is 0 Å². The summed E-state index contributed by atoms with van der Waals surface area (Å²) in [6, 6.07) is 6.29. The number of aliphatic hydroxyl groups excluding tert-OH is 1. The van der Waals surface area contributed by atoms with E-state index >= 15 is 0 Å². The quantitative estimate of drug-likeness (QED) is 0.891. The number of halogens is 1. The van der Waals surface area contributed by atoms with Crippen LogP contribution < -0.4 is 4.74 Å². The minimum Gasteiger partial charge on any atom is -0.494 e. The van der Waals surface area contributed by atoms with Crippen LogP contribution >= 0.6 is 0 Å². The number of hydrogen-bond acceptors (Lipinski definition) is 3. The third-order valence-corrected chi connectivity index (χ3v) is 2.70. The highest BCUT2D eigenvalue weighted by molar-refractivity contribution is 5.37. The van der Waals surface area contributed by atoms with Crippen LogP contribution in [0, 0.1) is 12.7 Å². The van der Waals surface area contributed by atoms with Crippen LogP contribution in [0.1, 0.15) is 23.0 Å². The van der Waals surface area contributed by atoms with Gasteiger partial charge < -0.3 is 14.3 Å². The Labute approximate surface area is 98.5 Å². The lowest BCUT2D eigenvalue weighted by molar-refractivity contribution is 0.211. The maximum Gasteiger partial charge on any atom is 0.171 e. The van der Waals surface area contributed by atoms with Gasteiger partial charge in [0.2, 0.25) is 0 Å². The number of benzene rings is 1.